The molecular weight excluding hydrogens is 196 g/mol. The monoisotopic (exact) mass is 220 g/mol. The number of nitrogens with two attached hydrogens (primary N) is 1. The normalized spacial score (nSPS) is 15.9. The molecule has 0 aliphatic rings. The Morgan fingerprint density at radius 2 is 1.88 bits per heavy atom. The fraction of sp³-hybridized carbons (Fsp3) is 0.643. The number of rotatable bonds is 3. The van der Waals surface area contributed by atoms with Gasteiger partial charge in [-0.1, -0.05) is 27.7 Å². The maximum Gasteiger partial charge on any atom is 0.0424 e. The standard InChI is InChI=1S/C14H24N2/c1-6-14(5,15)10-12-9-11(7-8-16-12)13(2,3)4/h7-9H,6,10,15H2,1-5H3. The quantitative estimate of drug-likeness (QED) is 0.850. The van der Waals surface area contributed by atoms with Crippen LogP contribution in [0.4, 0.5) is 0 Å². The second-order valence-corrected chi connectivity index (χ2v) is 5.97. The molecule has 2 N–H and O–H groups in total. The second-order valence-electron chi connectivity index (χ2n) is 5.97. The van der Waals surface area contributed by atoms with Crippen LogP contribution in [0.3, 0.4) is 0 Å². The third-order valence-electron chi connectivity index (χ3n) is 3.08. The van der Waals surface area contributed by atoms with E-state index in [0.29, 0.717) is 0 Å². The summed E-state index contributed by atoms with van der Waals surface area (Å²) in [6, 6.07) is 4.27. The molecule has 1 aromatic heterocycles. The first-order valence-corrected chi connectivity index (χ1v) is 5.99. The van der Waals surface area contributed by atoms with Crippen LogP contribution in [0.5, 0.6) is 0 Å². The second kappa shape index (κ2) is 4.54. The van der Waals surface area contributed by atoms with E-state index in [9.17, 15) is 0 Å². The Morgan fingerprint density at radius 1 is 1.25 bits per heavy atom. The van der Waals surface area contributed by atoms with Crippen LogP contribution in [0.2, 0.25) is 0 Å². The van der Waals surface area contributed by atoms with Crippen molar-refractivity contribution in [2.75, 3.05) is 0 Å². The molecule has 0 amide bonds. The van der Waals surface area contributed by atoms with Gasteiger partial charge in [0.25, 0.3) is 0 Å². The van der Waals surface area contributed by atoms with Gasteiger partial charge in [-0.3, -0.25) is 4.98 Å². The van der Waals surface area contributed by atoms with Crippen molar-refractivity contribution in [1.82, 2.24) is 4.98 Å². The molecular formula is C14H24N2. The Morgan fingerprint density at radius 3 is 2.38 bits per heavy atom. The number of pyridine rings is 1. The summed E-state index contributed by atoms with van der Waals surface area (Å²) < 4.78 is 0. The van der Waals surface area contributed by atoms with Gasteiger partial charge in [0, 0.05) is 23.9 Å². The van der Waals surface area contributed by atoms with Crippen molar-refractivity contribution >= 4 is 0 Å². The average molecular weight is 220 g/mol. The Labute approximate surface area is 99.3 Å². The first kappa shape index (κ1) is 13.2. The minimum atomic E-state index is -0.149. The summed E-state index contributed by atoms with van der Waals surface area (Å²) in [6.07, 6.45) is 3.70. The fourth-order valence-electron chi connectivity index (χ4n) is 1.58. The van der Waals surface area contributed by atoms with Crippen molar-refractivity contribution in [2.45, 2.75) is 58.4 Å². The summed E-state index contributed by atoms with van der Waals surface area (Å²) >= 11 is 0. The van der Waals surface area contributed by atoms with Gasteiger partial charge in [-0.15, -0.1) is 0 Å². The average Bonchev–Trinajstić information content (AvgIpc) is 2.16. The third kappa shape index (κ3) is 3.60. The maximum atomic E-state index is 6.17. The lowest BCUT2D eigenvalue weighted by molar-refractivity contribution is 0.444. The molecule has 0 aromatic carbocycles. The van der Waals surface area contributed by atoms with Crippen molar-refractivity contribution in [1.29, 1.82) is 0 Å². The smallest absolute Gasteiger partial charge is 0.0424 e. The van der Waals surface area contributed by atoms with Crippen LogP contribution in [0.15, 0.2) is 18.3 Å². The van der Waals surface area contributed by atoms with Crippen LogP contribution < -0.4 is 5.73 Å². The molecule has 0 aliphatic heterocycles. The number of hydrogen-bond acceptors (Lipinski definition) is 2. The summed E-state index contributed by atoms with van der Waals surface area (Å²) in [7, 11) is 0. The first-order valence-electron chi connectivity index (χ1n) is 5.99. The highest BCUT2D eigenvalue weighted by Crippen LogP contribution is 2.23. The largest absolute Gasteiger partial charge is 0.325 e. The van der Waals surface area contributed by atoms with E-state index >= 15 is 0 Å². The molecule has 0 saturated heterocycles. The van der Waals surface area contributed by atoms with E-state index < -0.39 is 0 Å². The predicted molar refractivity (Wildman–Crippen MR) is 69.5 cm³/mol. The minimum Gasteiger partial charge on any atom is -0.325 e. The molecule has 2 nitrogen and oxygen atoms in total. The van der Waals surface area contributed by atoms with E-state index in [2.05, 4.69) is 51.7 Å². The van der Waals surface area contributed by atoms with Crippen molar-refractivity contribution in [3.8, 4) is 0 Å². The van der Waals surface area contributed by atoms with Crippen LogP contribution >= 0.6 is 0 Å². The van der Waals surface area contributed by atoms with Gasteiger partial charge in [-0.25, -0.2) is 0 Å². The molecule has 16 heavy (non-hydrogen) atoms. The molecule has 90 valence electrons. The van der Waals surface area contributed by atoms with Gasteiger partial charge >= 0.3 is 0 Å². The zero-order valence-corrected chi connectivity index (χ0v) is 11.2. The van der Waals surface area contributed by atoms with Crippen molar-refractivity contribution in [2.24, 2.45) is 5.73 Å². The van der Waals surface area contributed by atoms with E-state index in [1.165, 1.54) is 5.56 Å². The lowest BCUT2D eigenvalue weighted by Crippen LogP contribution is -2.38. The van der Waals surface area contributed by atoms with Crippen LogP contribution in [0.1, 0.15) is 52.3 Å². The van der Waals surface area contributed by atoms with E-state index in [4.69, 9.17) is 5.73 Å². The summed E-state index contributed by atoms with van der Waals surface area (Å²) in [6.45, 7) is 10.8. The van der Waals surface area contributed by atoms with E-state index in [1.54, 1.807) is 0 Å². The molecule has 0 fully saturated rings. The number of aromatic nitrogens is 1. The van der Waals surface area contributed by atoms with Crippen molar-refractivity contribution in [3.05, 3.63) is 29.6 Å². The van der Waals surface area contributed by atoms with E-state index in [0.717, 1.165) is 18.5 Å². The Balaban J connectivity index is 2.92. The number of nitrogens with zero attached hydrogens (tertiary/aromatic N) is 1. The summed E-state index contributed by atoms with van der Waals surface area (Å²) in [4.78, 5) is 4.41. The first-order chi connectivity index (χ1) is 7.24. The van der Waals surface area contributed by atoms with Crippen LogP contribution in [-0.2, 0) is 11.8 Å². The van der Waals surface area contributed by atoms with E-state index in [1.807, 2.05) is 6.20 Å². The van der Waals surface area contributed by atoms with Gasteiger partial charge in [0.05, 0.1) is 0 Å². The highest BCUT2D eigenvalue weighted by atomic mass is 14.7. The molecule has 1 rings (SSSR count). The van der Waals surface area contributed by atoms with Crippen LogP contribution in [-0.4, -0.2) is 10.5 Å². The van der Waals surface area contributed by atoms with Crippen LogP contribution in [0.25, 0.3) is 0 Å². The van der Waals surface area contributed by atoms with Crippen LogP contribution in [0, 0.1) is 0 Å². The Bertz CT molecular complexity index is 348. The highest BCUT2D eigenvalue weighted by molar-refractivity contribution is 5.24. The molecule has 0 aliphatic carbocycles. The van der Waals surface area contributed by atoms with Gasteiger partial charge in [-0.2, -0.15) is 0 Å². The minimum absolute atomic E-state index is 0.149. The topological polar surface area (TPSA) is 38.9 Å². The summed E-state index contributed by atoms with van der Waals surface area (Å²) in [5.74, 6) is 0. The molecule has 2 heteroatoms. The van der Waals surface area contributed by atoms with Gasteiger partial charge in [0.2, 0.25) is 0 Å². The van der Waals surface area contributed by atoms with Gasteiger partial charge < -0.3 is 5.73 Å². The molecule has 1 atom stereocenters. The van der Waals surface area contributed by atoms with E-state index in [-0.39, 0.29) is 11.0 Å². The lowest BCUT2D eigenvalue weighted by atomic mass is 9.86. The predicted octanol–water partition coefficient (Wildman–Crippen LogP) is 3.05. The summed E-state index contributed by atoms with van der Waals surface area (Å²) in [5, 5.41) is 0. The molecule has 0 spiro atoms. The summed E-state index contributed by atoms with van der Waals surface area (Å²) in [5.41, 5.74) is 8.61. The molecule has 1 heterocycles. The molecule has 0 saturated carbocycles. The fourth-order valence-corrected chi connectivity index (χ4v) is 1.58. The van der Waals surface area contributed by atoms with Crippen molar-refractivity contribution < 1.29 is 0 Å². The molecule has 0 radical (unpaired) electrons. The molecule has 1 aromatic rings. The molecule has 1 unspecified atom stereocenters. The lowest BCUT2D eigenvalue weighted by Gasteiger charge is -2.24. The van der Waals surface area contributed by atoms with Gasteiger partial charge in [0.15, 0.2) is 0 Å². The van der Waals surface area contributed by atoms with Gasteiger partial charge in [0.1, 0.15) is 0 Å². The van der Waals surface area contributed by atoms with Gasteiger partial charge in [-0.05, 0) is 36.5 Å². The Hall–Kier alpha value is -0.890. The van der Waals surface area contributed by atoms with Crippen molar-refractivity contribution in [3.63, 3.8) is 0 Å². The maximum absolute atomic E-state index is 6.17. The third-order valence-corrected chi connectivity index (χ3v) is 3.08. The Kier molecular flexibility index (Phi) is 3.74. The zero-order chi connectivity index (χ0) is 12.4. The SMILES string of the molecule is CCC(C)(N)Cc1cc(C(C)(C)C)ccn1. The highest BCUT2D eigenvalue weighted by Gasteiger charge is 2.19. The zero-order valence-electron chi connectivity index (χ0n) is 11.2. The number of hydrogen-bond donors (Lipinski definition) is 1. The molecule has 0 bridgehead atoms.